The van der Waals surface area contributed by atoms with Crippen LogP contribution in [0.15, 0.2) is 0 Å². The van der Waals surface area contributed by atoms with Gasteiger partial charge in [-0.15, -0.1) is 0 Å². The number of esters is 1. The summed E-state index contributed by atoms with van der Waals surface area (Å²) in [4.78, 5) is 22.7. The van der Waals surface area contributed by atoms with Crippen molar-refractivity contribution in [2.24, 2.45) is 11.8 Å². The van der Waals surface area contributed by atoms with Crippen LogP contribution in [-0.2, 0) is 14.3 Å². The maximum atomic E-state index is 11.6. The molecule has 1 fully saturated rings. The molecule has 1 N–H and O–H groups in total. The fraction of sp³-hybridized carbons (Fsp3) is 0.846. The van der Waals surface area contributed by atoms with Crippen molar-refractivity contribution in [1.29, 1.82) is 0 Å². The van der Waals surface area contributed by atoms with Gasteiger partial charge >= 0.3 is 5.97 Å². The molecule has 1 saturated carbocycles. The topological polar surface area (TPSA) is 55.4 Å². The van der Waals surface area contributed by atoms with Crippen LogP contribution in [0.1, 0.15) is 46.5 Å². The van der Waals surface area contributed by atoms with E-state index in [-0.39, 0.29) is 23.3 Å². The van der Waals surface area contributed by atoms with E-state index in [0.29, 0.717) is 5.92 Å². The van der Waals surface area contributed by atoms with Gasteiger partial charge in [-0.3, -0.25) is 9.59 Å². The lowest BCUT2D eigenvalue weighted by Gasteiger charge is -2.39. The zero-order valence-corrected chi connectivity index (χ0v) is 11.2. The molecule has 1 aliphatic carbocycles. The predicted molar refractivity (Wildman–Crippen MR) is 65.4 cm³/mol. The fourth-order valence-electron chi connectivity index (χ4n) is 2.78. The Morgan fingerprint density at radius 2 is 1.94 bits per heavy atom. The second kappa shape index (κ2) is 5.52. The van der Waals surface area contributed by atoms with Gasteiger partial charge in [0.25, 0.3) is 0 Å². The van der Waals surface area contributed by atoms with Crippen LogP contribution in [0.2, 0.25) is 0 Å². The van der Waals surface area contributed by atoms with Crippen LogP contribution in [-0.4, -0.2) is 24.5 Å². The Bertz CT molecular complexity index is 299. The number of methoxy groups -OCH3 is 1. The van der Waals surface area contributed by atoms with E-state index in [1.54, 1.807) is 0 Å². The Morgan fingerprint density at radius 3 is 2.47 bits per heavy atom. The lowest BCUT2D eigenvalue weighted by Crippen LogP contribution is -2.50. The molecule has 1 amide bonds. The molecule has 0 aromatic carbocycles. The van der Waals surface area contributed by atoms with Gasteiger partial charge < -0.3 is 10.1 Å². The first-order valence-corrected chi connectivity index (χ1v) is 6.23. The van der Waals surface area contributed by atoms with Crippen molar-refractivity contribution in [3.8, 4) is 0 Å². The summed E-state index contributed by atoms with van der Waals surface area (Å²) < 4.78 is 4.81. The lowest BCUT2D eigenvalue weighted by atomic mass is 9.72. The molecule has 4 nitrogen and oxygen atoms in total. The normalized spacial score (nSPS) is 25.2. The second-order valence-electron chi connectivity index (χ2n) is 5.49. The molecule has 0 spiro atoms. The Kier molecular flexibility index (Phi) is 4.54. The summed E-state index contributed by atoms with van der Waals surface area (Å²) in [6.07, 6.45) is 3.79. The summed E-state index contributed by atoms with van der Waals surface area (Å²) in [6, 6.07) is 0. The van der Waals surface area contributed by atoms with Gasteiger partial charge in [0.05, 0.1) is 13.0 Å². The van der Waals surface area contributed by atoms with E-state index in [9.17, 15) is 9.59 Å². The van der Waals surface area contributed by atoms with E-state index in [1.165, 1.54) is 14.0 Å². The minimum absolute atomic E-state index is 0.00761. The molecule has 1 aliphatic rings. The van der Waals surface area contributed by atoms with Gasteiger partial charge in [-0.25, -0.2) is 0 Å². The molecular formula is C13H23NO3. The molecule has 0 saturated heterocycles. The summed E-state index contributed by atoms with van der Waals surface area (Å²) in [5.41, 5.74) is -0.251. The Balaban J connectivity index is 2.65. The number of ether oxygens (including phenoxy) is 1. The molecule has 0 heterocycles. The molecule has 4 heteroatoms. The first-order chi connectivity index (χ1) is 7.86. The van der Waals surface area contributed by atoms with E-state index in [4.69, 9.17) is 4.74 Å². The molecule has 17 heavy (non-hydrogen) atoms. The molecule has 1 rings (SSSR count). The summed E-state index contributed by atoms with van der Waals surface area (Å²) in [5.74, 6) is 0.194. The van der Waals surface area contributed by atoms with Crippen LogP contribution < -0.4 is 5.32 Å². The SMILES string of the molecule is COC(=O)C1CCCC(C(C)(C)NC(C)=O)C1. The number of amides is 1. The van der Waals surface area contributed by atoms with Gasteiger partial charge in [0, 0.05) is 12.5 Å². The third-order valence-corrected chi connectivity index (χ3v) is 3.73. The summed E-state index contributed by atoms with van der Waals surface area (Å²) in [7, 11) is 1.44. The molecule has 0 aliphatic heterocycles. The second-order valence-corrected chi connectivity index (χ2v) is 5.49. The number of carbonyl (C=O) groups excluding carboxylic acids is 2. The van der Waals surface area contributed by atoms with E-state index in [1.807, 2.05) is 13.8 Å². The zero-order chi connectivity index (χ0) is 13.1. The van der Waals surface area contributed by atoms with Crippen LogP contribution in [0.5, 0.6) is 0 Å². The summed E-state index contributed by atoms with van der Waals surface area (Å²) in [5, 5.41) is 2.98. The van der Waals surface area contributed by atoms with Gasteiger partial charge in [0.15, 0.2) is 0 Å². The van der Waals surface area contributed by atoms with Crippen LogP contribution in [0.25, 0.3) is 0 Å². The Morgan fingerprint density at radius 1 is 1.29 bits per heavy atom. The van der Waals surface area contributed by atoms with Crippen molar-refractivity contribution < 1.29 is 14.3 Å². The quantitative estimate of drug-likeness (QED) is 0.768. The Hall–Kier alpha value is -1.06. The molecule has 0 bridgehead atoms. The fourth-order valence-corrected chi connectivity index (χ4v) is 2.78. The van der Waals surface area contributed by atoms with E-state index in [0.717, 1.165) is 25.7 Å². The number of nitrogens with one attached hydrogen (secondary N) is 1. The first kappa shape index (κ1) is 14.0. The molecule has 0 aromatic rings. The molecule has 2 atom stereocenters. The van der Waals surface area contributed by atoms with Crippen LogP contribution in [0.3, 0.4) is 0 Å². The third-order valence-electron chi connectivity index (χ3n) is 3.73. The van der Waals surface area contributed by atoms with Crippen LogP contribution in [0, 0.1) is 11.8 Å². The highest BCUT2D eigenvalue weighted by molar-refractivity contribution is 5.74. The van der Waals surface area contributed by atoms with Gasteiger partial charge in [-0.1, -0.05) is 6.42 Å². The van der Waals surface area contributed by atoms with E-state index < -0.39 is 0 Å². The lowest BCUT2D eigenvalue weighted by molar-refractivity contribution is -0.147. The standard InChI is InChI=1S/C13H23NO3/c1-9(15)14-13(2,3)11-7-5-6-10(8-11)12(16)17-4/h10-11H,5-8H2,1-4H3,(H,14,15). The highest BCUT2D eigenvalue weighted by Gasteiger charge is 2.36. The first-order valence-electron chi connectivity index (χ1n) is 6.23. The molecule has 2 unspecified atom stereocenters. The molecule has 0 radical (unpaired) electrons. The van der Waals surface area contributed by atoms with Crippen molar-refractivity contribution >= 4 is 11.9 Å². The van der Waals surface area contributed by atoms with Crippen molar-refractivity contribution in [3.05, 3.63) is 0 Å². The minimum Gasteiger partial charge on any atom is -0.469 e. The largest absolute Gasteiger partial charge is 0.469 e. The molecule has 0 aromatic heterocycles. The van der Waals surface area contributed by atoms with Crippen molar-refractivity contribution in [2.75, 3.05) is 7.11 Å². The highest BCUT2D eigenvalue weighted by atomic mass is 16.5. The number of hydrogen-bond donors (Lipinski definition) is 1. The smallest absolute Gasteiger partial charge is 0.308 e. The minimum atomic E-state index is -0.251. The monoisotopic (exact) mass is 241 g/mol. The highest BCUT2D eigenvalue weighted by Crippen LogP contribution is 2.36. The van der Waals surface area contributed by atoms with Crippen LogP contribution in [0.4, 0.5) is 0 Å². The van der Waals surface area contributed by atoms with Crippen LogP contribution >= 0.6 is 0 Å². The van der Waals surface area contributed by atoms with Gasteiger partial charge in [0.1, 0.15) is 0 Å². The molecular weight excluding hydrogens is 218 g/mol. The number of rotatable bonds is 3. The van der Waals surface area contributed by atoms with Gasteiger partial charge in [0.2, 0.25) is 5.91 Å². The summed E-state index contributed by atoms with van der Waals surface area (Å²) in [6.45, 7) is 5.58. The van der Waals surface area contributed by atoms with Crippen molar-refractivity contribution in [1.82, 2.24) is 5.32 Å². The van der Waals surface area contributed by atoms with Gasteiger partial charge in [-0.2, -0.15) is 0 Å². The van der Waals surface area contributed by atoms with Crippen molar-refractivity contribution in [3.63, 3.8) is 0 Å². The van der Waals surface area contributed by atoms with E-state index >= 15 is 0 Å². The summed E-state index contributed by atoms with van der Waals surface area (Å²) >= 11 is 0. The van der Waals surface area contributed by atoms with Gasteiger partial charge in [-0.05, 0) is 39.0 Å². The third kappa shape index (κ3) is 3.72. The predicted octanol–water partition coefficient (Wildman–Crippen LogP) is 1.88. The number of hydrogen-bond acceptors (Lipinski definition) is 3. The van der Waals surface area contributed by atoms with E-state index in [2.05, 4.69) is 5.32 Å². The maximum Gasteiger partial charge on any atom is 0.308 e. The maximum absolute atomic E-state index is 11.6. The van der Waals surface area contributed by atoms with Crippen molar-refractivity contribution in [2.45, 2.75) is 52.0 Å². The average molecular weight is 241 g/mol. The average Bonchev–Trinajstić information content (AvgIpc) is 2.26. The number of carbonyl (C=O) groups is 2. The molecule has 98 valence electrons. The Labute approximate surface area is 103 Å². The zero-order valence-electron chi connectivity index (χ0n) is 11.2.